The van der Waals surface area contributed by atoms with Crippen LogP contribution in [0.4, 0.5) is 0 Å². The average Bonchev–Trinajstić information content (AvgIpc) is 3.04. The van der Waals surface area contributed by atoms with Gasteiger partial charge in [0.15, 0.2) is 0 Å². The zero-order chi connectivity index (χ0) is 17.1. The Balaban J connectivity index is 0.000000595. The summed E-state index contributed by atoms with van der Waals surface area (Å²) in [5.41, 5.74) is 0. The van der Waals surface area contributed by atoms with Gasteiger partial charge in [0, 0.05) is 11.8 Å². The van der Waals surface area contributed by atoms with Crippen molar-refractivity contribution >= 4 is 18.6 Å². The minimum absolute atomic E-state index is 0.460. The molecule has 0 aromatic carbocycles. The Morgan fingerprint density at radius 3 is 1.91 bits per heavy atom. The van der Waals surface area contributed by atoms with Crippen LogP contribution in [0.15, 0.2) is 24.3 Å². The van der Waals surface area contributed by atoms with Crippen LogP contribution in [0.2, 0.25) is 0 Å². The molecule has 0 aliphatic heterocycles. The van der Waals surface area contributed by atoms with E-state index in [2.05, 4.69) is 71.8 Å². The van der Waals surface area contributed by atoms with Crippen molar-refractivity contribution in [2.45, 2.75) is 34.6 Å². The molecule has 3 rings (SSSR count). The number of hydrogen-bond acceptors (Lipinski definition) is 0. The summed E-state index contributed by atoms with van der Waals surface area (Å²) in [6, 6.07) is 0. The van der Waals surface area contributed by atoms with Crippen LogP contribution < -0.4 is 0 Å². The van der Waals surface area contributed by atoms with Crippen molar-refractivity contribution < 1.29 is 17.0 Å². The molecule has 0 heterocycles. The Morgan fingerprint density at radius 2 is 1.35 bits per heavy atom. The van der Waals surface area contributed by atoms with Crippen molar-refractivity contribution in [2.75, 3.05) is 0 Å². The molecule has 3 aliphatic rings. The first-order valence-electron chi connectivity index (χ1n) is 7.77. The molecule has 0 amide bonds. The first kappa shape index (κ1) is 20.1. The number of fused-ring (bicyclic) bond motifs is 1. The molecule has 3 aliphatic carbocycles. The molecular weight excluding hydrogens is 359 g/mol. The maximum atomic E-state index is 4.89. The summed E-state index contributed by atoms with van der Waals surface area (Å²) in [6.45, 7) is 11.4. The Labute approximate surface area is 160 Å². The molecule has 23 heavy (non-hydrogen) atoms. The standard InChI is InChI=1S/C20H22.2ClH.Ti/c1-12-13(2)15(4)20(14(12)3)16(5)18-11-10-17-8-6-7-9-19(17)18;;;/h6-11,16H,1-5H3;2*1H;/q;;;+2/p-2. The van der Waals surface area contributed by atoms with Gasteiger partial charge >= 0.3 is 35.6 Å². The third-order valence-corrected chi connectivity index (χ3v) is 5.11. The molecule has 10 radical (unpaired) electrons. The van der Waals surface area contributed by atoms with E-state index in [-0.39, 0.29) is 0 Å². The van der Waals surface area contributed by atoms with Gasteiger partial charge in [0.25, 0.3) is 0 Å². The Hall–Kier alpha value is 0.774. The van der Waals surface area contributed by atoms with Gasteiger partial charge in [-0.2, -0.15) is 0 Å². The fourth-order valence-corrected chi connectivity index (χ4v) is 3.60. The summed E-state index contributed by atoms with van der Waals surface area (Å²) >= 11 is -0.556. The Kier molecular flexibility index (Phi) is 7.80. The molecular formula is C20H22Cl2Ti. The Morgan fingerprint density at radius 1 is 0.826 bits per heavy atom. The normalized spacial score (nSPS) is 27.3. The number of halogens is 2. The van der Waals surface area contributed by atoms with Crippen LogP contribution in [-0.4, -0.2) is 0 Å². The molecule has 1 unspecified atom stereocenters. The summed E-state index contributed by atoms with van der Waals surface area (Å²) < 4.78 is 0. The molecule has 0 N–H and O–H groups in total. The van der Waals surface area contributed by atoms with E-state index in [1.54, 1.807) is 0 Å². The van der Waals surface area contributed by atoms with Gasteiger partial charge < -0.3 is 0 Å². The summed E-state index contributed by atoms with van der Waals surface area (Å²) in [4.78, 5) is 0. The van der Waals surface area contributed by atoms with E-state index in [4.69, 9.17) is 18.6 Å². The van der Waals surface area contributed by atoms with Gasteiger partial charge in [-0.15, -0.1) is 0 Å². The van der Waals surface area contributed by atoms with Crippen LogP contribution in [0.1, 0.15) is 34.6 Å². The van der Waals surface area contributed by atoms with Gasteiger partial charge in [0.1, 0.15) is 0 Å². The van der Waals surface area contributed by atoms with Gasteiger partial charge in [-0.1, -0.05) is 58.9 Å². The van der Waals surface area contributed by atoms with E-state index in [9.17, 15) is 0 Å². The molecule has 120 valence electrons. The molecule has 2 saturated carbocycles. The molecule has 3 heteroatoms. The van der Waals surface area contributed by atoms with Crippen molar-refractivity contribution in [1.82, 2.24) is 0 Å². The topological polar surface area (TPSA) is 0 Å². The molecule has 0 bridgehead atoms. The molecule has 0 aromatic heterocycles. The van der Waals surface area contributed by atoms with Crippen LogP contribution in [0.5, 0.6) is 0 Å². The van der Waals surface area contributed by atoms with Gasteiger partial charge in [0.2, 0.25) is 0 Å². The van der Waals surface area contributed by atoms with E-state index in [1.165, 1.54) is 47.3 Å². The predicted molar refractivity (Wildman–Crippen MR) is 96.4 cm³/mol. The molecule has 0 spiro atoms. The van der Waals surface area contributed by atoms with Crippen LogP contribution in [-0.2, 0) is 17.0 Å². The van der Waals surface area contributed by atoms with Crippen molar-refractivity contribution in [1.29, 1.82) is 0 Å². The number of allylic oxidation sites excluding steroid dienone is 4. The first-order chi connectivity index (χ1) is 10.9. The second kappa shape index (κ2) is 8.93. The van der Waals surface area contributed by atoms with Crippen molar-refractivity contribution in [3.05, 3.63) is 84.5 Å². The SMILES string of the molecule is C[C]1[C](C)[C](C)[C](C(C)[C]2[CH][CH][C]3C=CC=C[C]32)[C]1C.[Cl][Ti][Cl]. The van der Waals surface area contributed by atoms with E-state index >= 15 is 0 Å². The van der Waals surface area contributed by atoms with Gasteiger partial charge in [0.05, 0.1) is 0 Å². The van der Waals surface area contributed by atoms with Gasteiger partial charge in [-0.3, -0.25) is 0 Å². The molecule has 1 atom stereocenters. The van der Waals surface area contributed by atoms with Crippen molar-refractivity contribution in [3.8, 4) is 0 Å². The fourth-order valence-electron chi connectivity index (χ4n) is 3.60. The molecule has 0 nitrogen and oxygen atoms in total. The quantitative estimate of drug-likeness (QED) is 0.497. The van der Waals surface area contributed by atoms with Gasteiger partial charge in [-0.25, -0.2) is 0 Å². The van der Waals surface area contributed by atoms with Crippen LogP contribution in [0.3, 0.4) is 0 Å². The number of hydrogen-bond donors (Lipinski definition) is 0. The number of rotatable bonds is 2. The van der Waals surface area contributed by atoms with E-state index in [0.717, 1.165) is 0 Å². The zero-order valence-corrected chi connectivity index (χ0v) is 17.4. The summed E-state index contributed by atoms with van der Waals surface area (Å²) in [7, 11) is 9.78. The summed E-state index contributed by atoms with van der Waals surface area (Å²) in [5.74, 6) is 12.0. The van der Waals surface area contributed by atoms with E-state index in [1.807, 2.05) is 0 Å². The third-order valence-electron chi connectivity index (χ3n) is 5.11. The second-order valence-electron chi connectivity index (χ2n) is 6.08. The first-order valence-corrected chi connectivity index (χ1v) is 12.1. The summed E-state index contributed by atoms with van der Waals surface area (Å²) in [6.07, 6.45) is 13.2. The van der Waals surface area contributed by atoms with Crippen molar-refractivity contribution in [2.24, 2.45) is 5.92 Å². The van der Waals surface area contributed by atoms with Crippen LogP contribution in [0, 0.1) is 66.1 Å². The van der Waals surface area contributed by atoms with E-state index in [0.29, 0.717) is 5.92 Å². The predicted octanol–water partition coefficient (Wildman–Crippen LogP) is 6.24. The summed E-state index contributed by atoms with van der Waals surface area (Å²) in [5, 5.41) is 0. The monoisotopic (exact) mass is 380 g/mol. The minimum atomic E-state index is -0.556. The fraction of sp³-hybridized carbons (Fsp3) is 0.300. The zero-order valence-electron chi connectivity index (χ0n) is 14.3. The van der Waals surface area contributed by atoms with Crippen molar-refractivity contribution in [3.63, 3.8) is 0 Å². The van der Waals surface area contributed by atoms with Crippen LogP contribution >= 0.6 is 18.6 Å². The Bertz CT molecular complexity index is 419. The second-order valence-corrected chi connectivity index (χ2v) is 8.66. The average molecular weight is 381 g/mol. The molecule has 2 fully saturated rings. The third kappa shape index (κ3) is 4.13. The van der Waals surface area contributed by atoms with E-state index < -0.39 is 17.0 Å². The molecule has 0 aromatic rings. The van der Waals surface area contributed by atoms with Crippen LogP contribution in [0.25, 0.3) is 0 Å². The molecule has 0 saturated heterocycles. The maximum absolute atomic E-state index is 4.89. The van der Waals surface area contributed by atoms with Gasteiger partial charge in [-0.05, 0) is 54.3 Å².